The van der Waals surface area contributed by atoms with Gasteiger partial charge in [0.05, 0.1) is 4.88 Å². The first kappa shape index (κ1) is 16.3. The Kier molecular flexibility index (Phi) is 4.30. The highest BCUT2D eigenvalue weighted by Gasteiger charge is 2.27. The molecule has 1 saturated heterocycles. The molecule has 1 fully saturated rings. The lowest BCUT2D eigenvalue weighted by Gasteiger charge is -2.32. The summed E-state index contributed by atoms with van der Waals surface area (Å²) in [4.78, 5) is 21.7. The lowest BCUT2D eigenvalue weighted by atomic mass is 9.93. The van der Waals surface area contributed by atoms with Gasteiger partial charge in [-0.25, -0.2) is 0 Å². The molecular formula is C21H22N2OS. The van der Waals surface area contributed by atoms with E-state index < -0.39 is 0 Å². The lowest BCUT2D eigenvalue weighted by Crippen LogP contribution is -2.39. The van der Waals surface area contributed by atoms with Gasteiger partial charge in [0, 0.05) is 41.2 Å². The fraction of sp³-hybridized carbons (Fsp3) is 0.333. The molecule has 4 rings (SSSR count). The molecule has 3 aromatic rings. The van der Waals surface area contributed by atoms with Gasteiger partial charge < -0.3 is 4.90 Å². The monoisotopic (exact) mass is 350 g/mol. The minimum Gasteiger partial charge on any atom is -0.337 e. The number of amides is 1. The second-order valence-corrected chi connectivity index (χ2v) is 8.15. The number of carbonyl (C=O) groups is 1. The Hall–Kier alpha value is -2.20. The molecule has 1 atom stereocenters. The Morgan fingerprint density at radius 3 is 2.76 bits per heavy atom. The molecule has 2 aromatic heterocycles. The Labute approximate surface area is 152 Å². The Morgan fingerprint density at radius 2 is 2.00 bits per heavy atom. The zero-order valence-corrected chi connectivity index (χ0v) is 15.5. The highest BCUT2D eigenvalue weighted by Crippen LogP contribution is 2.30. The van der Waals surface area contributed by atoms with Crippen LogP contribution in [0.2, 0.25) is 0 Å². The minimum absolute atomic E-state index is 0.173. The molecule has 1 amide bonds. The van der Waals surface area contributed by atoms with Crippen LogP contribution in [-0.2, 0) is 0 Å². The number of nitrogens with zero attached hydrogens (tertiary/aromatic N) is 2. The van der Waals surface area contributed by atoms with Crippen LogP contribution in [0.5, 0.6) is 0 Å². The van der Waals surface area contributed by atoms with E-state index in [1.807, 2.05) is 23.2 Å². The maximum atomic E-state index is 12.9. The molecule has 0 aliphatic carbocycles. The number of likely N-dealkylation sites (tertiary alicyclic amines) is 1. The molecule has 4 heteroatoms. The highest BCUT2D eigenvalue weighted by molar-refractivity contribution is 7.14. The van der Waals surface area contributed by atoms with Crippen LogP contribution in [0.25, 0.3) is 10.8 Å². The summed E-state index contributed by atoms with van der Waals surface area (Å²) in [6.07, 6.45) is 4.09. The molecule has 1 aliphatic rings. The van der Waals surface area contributed by atoms with Gasteiger partial charge in [-0.05, 0) is 49.8 Å². The van der Waals surface area contributed by atoms with E-state index in [2.05, 4.69) is 43.1 Å². The number of aromatic nitrogens is 1. The normalized spacial score (nSPS) is 17.8. The molecule has 0 spiro atoms. The number of hydrogen-bond acceptors (Lipinski definition) is 3. The molecular weight excluding hydrogens is 328 g/mol. The first-order valence-electron chi connectivity index (χ1n) is 8.83. The average Bonchev–Trinajstić information content (AvgIpc) is 2.99. The van der Waals surface area contributed by atoms with Gasteiger partial charge in [-0.3, -0.25) is 9.78 Å². The molecule has 0 radical (unpaired) electrons. The van der Waals surface area contributed by atoms with Crippen molar-refractivity contribution < 1.29 is 4.79 Å². The van der Waals surface area contributed by atoms with Crippen molar-refractivity contribution in [3.8, 4) is 0 Å². The van der Waals surface area contributed by atoms with Crippen molar-refractivity contribution in [3.63, 3.8) is 0 Å². The van der Waals surface area contributed by atoms with Crippen molar-refractivity contribution in [3.05, 3.63) is 63.6 Å². The van der Waals surface area contributed by atoms with E-state index in [4.69, 9.17) is 0 Å². The molecule has 3 heterocycles. The predicted octanol–water partition coefficient (Wildman–Crippen LogP) is 4.93. The number of pyridine rings is 1. The zero-order valence-electron chi connectivity index (χ0n) is 14.7. The second kappa shape index (κ2) is 6.60. The van der Waals surface area contributed by atoms with Gasteiger partial charge in [0.2, 0.25) is 0 Å². The topological polar surface area (TPSA) is 33.2 Å². The average molecular weight is 350 g/mol. The van der Waals surface area contributed by atoms with Crippen LogP contribution in [0, 0.1) is 13.8 Å². The summed E-state index contributed by atoms with van der Waals surface area (Å²) in [6, 6.07) is 12.5. The molecule has 3 nitrogen and oxygen atoms in total. The Balaban J connectivity index is 1.56. The highest BCUT2D eigenvalue weighted by atomic mass is 32.1. The van der Waals surface area contributed by atoms with Crippen molar-refractivity contribution in [2.45, 2.75) is 32.6 Å². The van der Waals surface area contributed by atoms with Crippen LogP contribution in [0.15, 0.2) is 42.6 Å². The van der Waals surface area contributed by atoms with Crippen LogP contribution < -0.4 is 0 Å². The number of piperidine rings is 1. The SMILES string of the molecule is Cc1cc(C(=O)N2CCC[C@H](c3cc4ccccc4cn3)C2)sc1C. The molecule has 0 N–H and O–H groups in total. The number of benzene rings is 1. The van der Waals surface area contributed by atoms with E-state index in [9.17, 15) is 4.79 Å². The maximum absolute atomic E-state index is 12.9. The van der Waals surface area contributed by atoms with Crippen LogP contribution >= 0.6 is 11.3 Å². The van der Waals surface area contributed by atoms with Gasteiger partial charge in [-0.1, -0.05) is 24.3 Å². The van der Waals surface area contributed by atoms with E-state index >= 15 is 0 Å². The summed E-state index contributed by atoms with van der Waals surface area (Å²) in [5.41, 5.74) is 2.31. The number of hydrogen-bond donors (Lipinski definition) is 0. The fourth-order valence-electron chi connectivity index (χ4n) is 3.56. The number of thiophene rings is 1. The Morgan fingerprint density at radius 1 is 1.20 bits per heavy atom. The van der Waals surface area contributed by atoms with Crippen molar-refractivity contribution in [2.75, 3.05) is 13.1 Å². The van der Waals surface area contributed by atoms with Gasteiger partial charge in [-0.15, -0.1) is 11.3 Å². The van der Waals surface area contributed by atoms with Crippen molar-refractivity contribution in [2.24, 2.45) is 0 Å². The third-order valence-electron chi connectivity index (χ3n) is 5.16. The predicted molar refractivity (Wildman–Crippen MR) is 103 cm³/mol. The van der Waals surface area contributed by atoms with Crippen LogP contribution in [0.1, 0.15) is 44.6 Å². The maximum Gasteiger partial charge on any atom is 0.263 e. The van der Waals surface area contributed by atoms with Gasteiger partial charge in [0.15, 0.2) is 0 Å². The quantitative estimate of drug-likeness (QED) is 0.656. The van der Waals surface area contributed by atoms with E-state index in [0.717, 1.165) is 36.5 Å². The largest absolute Gasteiger partial charge is 0.337 e. The second-order valence-electron chi connectivity index (χ2n) is 6.90. The molecule has 0 bridgehead atoms. The lowest BCUT2D eigenvalue weighted by molar-refractivity contribution is 0.0711. The fourth-order valence-corrected chi connectivity index (χ4v) is 4.56. The molecule has 0 saturated carbocycles. The zero-order chi connectivity index (χ0) is 17.4. The van der Waals surface area contributed by atoms with Crippen molar-refractivity contribution >= 4 is 28.0 Å². The van der Waals surface area contributed by atoms with E-state index in [1.165, 1.54) is 21.2 Å². The first-order chi connectivity index (χ1) is 12.1. The molecule has 25 heavy (non-hydrogen) atoms. The number of aryl methyl sites for hydroxylation is 2. The summed E-state index contributed by atoms with van der Waals surface area (Å²) in [5.74, 6) is 0.496. The van der Waals surface area contributed by atoms with E-state index in [-0.39, 0.29) is 5.91 Å². The third kappa shape index (κ3) is 3.19. The summed E-state index contributed by atoms with van der Waals surface area (Å²) in [7, 11) is 0. The Bertz CT molecular complexity index is 911. The van der Waals surface area contributed by atoms with Crippen LogP contribution in [0.4, 0.5) is 0 Å². The van der Waals surface area contributed by atoms with Crippen molar-refractivity contribution in [1.29, 1.82) is 0 Å². The van der Waals surface area contributed by atoms with Gasteiger partial charge in [0.1, 0.15) is 0 Å². The summed E-state index contributed by atoms with van der Waals surface area (Å²) >= 11 is 1.61. The molecule has 128 valence electrons. The molecule has 0 unspecified atom stereocenters. The number of fused-ring (bicyclic) bond motifs is 1. The third-order valence-corrected chi connectivity index (χ3v) is 6.30. The smallest absolute Gasteiger partial charge is 0.263 e. The minimum atomic E-state index is 0.173. The van der Waals surface area contributed by atoms with Gasteiger partial charge >= 0.3 is 0 Å². The summed E-state index contributed by atoms with van der Waals surface area (Å²) in [5, 5.41) is 2.39. The van der Waals surface area contributed by atoms with Crippen molar-refractivity contribution in [1.82, 2.24) is 9.88 Å². The van der Waals surface area contributed by atoms with Crippen LogP contribution in [0.3, 0.4) is 0 Å². The molecule has 1 aromatic carbocycles. The van der Waals surface area contributed by atoms with Crippen LogP contribution in [-0.4, -0.2) is 28.9 Å². The summed E-state index contributed by atoms with van der Waals surface area (Å²) < 4.78 is 0. The molecule has 1 aliphatic heterocycles. The van der Waals surface area contributed by atoms with E-state index in [0.29, 0.717) is 5.92 Å². The standard InChI is InChI=1S/C21H22N2OS/c1-14-10-20(25-15(14)2)21(24)23-9-5-8-18(13-23)19-11-16-6-3-4-7-17(16)12-22-19/h3-4,6-7,10-12,18H,5,8-9,13H2,1-2H3/t18-/m0/s1. The van der Waals surface area contributed by atoms with Gasteiger partial charge in [-0.2, -0.15) is 0 Å². The van der Waals surface area contributed by atoms with Gasteiger partial charge in [0.25, 0.3) is 5.91 Å². The summed E-state index contributed by atoms with van der Waals surface area (Å²) in [6.45, 7) is 5.76. The van der Waals surface area contributed by atoms with E-state index in [1.54, 1.807) is 11.3 Å². The number of carbonyl (C=O) groups excluding carboxylic acids is 1. The first-order valence-corrected chi connectivity index (χ1v) is 9.64. The number of rotatable bonds is 2.